The third-order valence-electron chi connectivity index (χ3n) is 5.03. The minimum Gasteiger partial charge on any atom is -0.455 e. The Morgan fingerprint density at radius 2 is 1.96 bits per heavy atom. The first-order valence-electron chi connectivity index (χ1n) is 9.73. The van der Waals surface area contributed by atoms with Gasteiger partial charge in [0.1, 0.15) is 12.1 Å². The molecule has 6 nitrogen and oxygen atoms in total. The maximum absolute atomic E-state index is 12.4. The Morgan fingerprint density at radius 3 is 2.79 bits per heavy atom. The van der Waals surface area contributed by atoms with Crippen molar-refractivity contribution in [3.8, 4) is 0 Å². The monoisotopic (exact) mass is 396 g/mol. The molecule has 7 heteroatoms. The molecule has 0 aliphatic heterocycles. The molecule has 2 heterocycles. The van der Waals surface area contributed by atoms with E-state index in [9.17, 15) is 4.79 Å². The average molecular weight is 397 g/mol. The second-order valence-electron chi connectivity index (χ2n) is 7.00. The third kappa shape index (κ3) is 4.65. The SMILES string of the molecule is O=C(NCc1nncn1C1CCCCC1)c1ccc(CSc2ccccc2)o1. The van der Waals surface area contributed by atoms with Gasteiger partial charge in [0.25, 0.3) is 5.91 Å². The number of rotatable bonds is 7. The molecule has 1 aromatic carbocycles. The molecule has 4 rings (SSSR count). The molecule has 1 saturated carbocycles. The highest BCUT2D eigenvalue weighted by Crippen LogP contribution is 2.28. The Hall–Kier alpha value is -2.54. The zero-order valence-electron chi connectivity index (χ0n) is 15.7. The second kappa shape index (κ2) is 9.10. The summed E-state index contributed by atoms with van der Waals surface area (Å²) in [6.07, 6.45) is 7.87. The van der Waals surface area contributed by atoms with Gasteiger partial charge < -0.3 is 14.3 Å². The van der Waals surface area contributed by atoms with Crippen molar-refractivity contribution in [3.05, 3.63) is 66.1 Å². The summed E-state index contributed by atoms with van der Waals surface area (Å²) in [4.78, 5) is 13.6. The van der Waals surface area contributed by atoms with Gasteiger partial charge in [-0.1, -0.05) is 37.5 Å². The van der Waals surface area contributed by atoms with Crippen molar-refractivity contribution < 1.29 is 9.21 Å². The Kier molecular flexibility index (Phi) is 6.11. The molecule has 1 aliphatic carbocycles. The number of nitrogens with zero attached hydrogens (tertiary/aromatic N) is 3. The molecular weight excluding hydrogens is 372 g/mol. The predicted octanol–water partition coefficient (Wildman–Crippen LogP) is 4.60. The molecule has 2 aromatic heterocycles. The maximum atomic E-state index is 12.4. The minimum absolute atomic E-state index is 0.228. The number of carbonyl (C=O) groups excluding carboxylic acids is 1. The van der Waals surface area contributed by atoms with Gasteiger partial charge in [-0.15, -0.1) is 22.0 Å². The summed E-state index contributed by atoms with van der Waals surface area (Å²) in [5.41, 5.74) is 0. The van der Waals surface area contributed by atoms with Crippen LogP contribution < -0.4 is 5.32 Å². The van der Waals surface area contributed by atoms with E-state index >= 15 is 0 Å². The van der Waals surface area contributed by atoms with E-state index in [2.05, 4.69) is 32.2 Å². The van der Waals surface area contributed by atoms with E-state index < -0.39 is 0 Å². The van der Waals surface area contributed by atoms with E-state index in [1.165, 1.54) is 24.2 Å². The number of benzene rings is 1. The van der Waals surface area contributed by atoms with Crippen LogP contribution in [0.25, 0.3) is 0 Å². The van der Waals surface area contributed by atoms with Crippen LogP contribution in [0, 0.1) is 0 Å². The summed E-state index contributed by atoms with van der Waals surface area (Å²) in [6, 6.07) is 14.2. The van der Waals surface area contributed by atoms with Crippen molar-refractivity contribution in [2.75, 3.05) is 0 Å². The van der Waals surface area contributed by atoms with Crippen LogP contribution in [-0.4, -0.2) is 20.7 Å². The third-order valence-corrected chi connectivity index (χ3v) is 6.07. The lowest BCUT2D eigenvalue weighted by molar-refractivity contribution is 0.0920. The van der Waals surface area contributed by atoms with E-state index in [4.69, 9.17) is 4.42 Å². The highest BCUT2D eigenvalue weighted by molar-refractivity contribution is 7.98. The molecule has 1 aliphatic rings. The predicted molar refractivity (Wildman–Crippen MR) is 108 cm³/mol. The lowest BCUT2D eigenvalue weighted by Crippen LogP contribution is -2.25. The fourth-order valence-corrected chi connectivity index (χ4v) is 4.37. The molecule has 3 aromatic rings. The van der Waals surface area contributed by atoms with Crippen molar-refractivity contribution >= 4 is 17.7 Å². The smallest absolute Gasteiger partial charge is 0.287 e. The van der Waals surface area contributed by atoms with Crippen molar-refractivity contribution in [2.45, 2.75) is 55.3 Å². The fraction of sp³-hybridized carbons (Fsp3) is 0.381. The lowest BCUT2D eigenvalue weighted by Gasteiger charge is -2.23. The molecule has 1 amide bonds. The van der Waals surface area contributed by atoms with Crippen molar-refractivity contribution in [2.24, 2.45) is 0 Å². The van der Waals surface area contributed by atoms with Gasteiger partial charge in [0, 0.05) is 10.9 Å². The van der Waals surface area contributed by atoms with E-state index in [0.717, 1.165) is 24.4 Å². The Bertz CT molecular complexity index is 900. The highest BCUT2D eigenvalue weighted by Gasteiger charge is 2.19. The van der Waals surface area contributed by atoms with E-state index in [0.29, 0.717) is 24.1 Å². The first-order chi connectivity index (χ1) is 13.8. The zero-order valence-corrected chi connectivity index (χ0v) is 16.5. The number of nitrogens with one attached hydrogen (secondary N) is 1. The van der Waals surface area contributed by atoms with Crippen molar-refractivity contribution in [3.63, 3.8) is 0 Å². The van der Waals surface area contributed by atoms with Gasteiger partial charge in [0.05, 0.1) is 12.3 Å². The maximum Gasteiger partial charge on any atom is 0.287 e. The summed E-state index contributed by atoms with van der Waals surface area (Å²) >= 11 is 1.68. The fourth-order valence-electron chi connectivity index (χ4n) is 3.55. The van der Waals surface area contributed by atoms with Gasteiger partial charge in [-0.3, -0.25) is 4.79 Å². The van der Waals surface area contributed by atoms with E-state index in [1.54, 1.807) is 24.2 Å². The molecule has 28 heavy (non-hydrogen) atoms. The summed E-state index contributed by atoms with van der Waals surface area (Å²) in [5, 5.41) is 11.1. The van der Waals surface area contributed by atoms with E-state index in [1.807, 2.05) is 24.3 Å². The number of amides is 1. The number of aromatic nitrogens is 3. The number of thioether (sulfide) groups is 1. The van der Waals surface area contributed by atoms with Crippen LogP contribution in [0.4, 0.5) is 0 Å². The van der Waals surface area contributed by atoms with Gasteiger partial charge in [0.2, 0.25) is 0 Å². The standard InChI is InChI=1S/C21H24N4O2S/c26-21(19-12-11-17(27-19)14-28-18-9-5-2-6-10-18)22-13-20-24-23-15-25(20)16-7-3-1-4-8-16/h2,5-6,9-12,15-16H,1,3-4,7-8,13-14H2,(H,22,26). The largest absolute Gasteiger partial charge is 0.455 e. The Labute approximate surface area is 168 Å². The molecule has 0 radical (unpaired) electrons. The minimum atomic E-state index is -0.228. The molecule has 0 atom stereocenters. The molecular formula is C21H24N4O2S. The van der Waals surface area contributed by atoms with Crippen LogP contribution in [0.3, 0.4) is 0 Å². The van der Waals surface area contributed by atoms with Gasteiger partial charge >= 0.3 is 0 Å². The Morgan fingerprint density at radius 1 is 1.14 bits per heavy atom. The van der Waals surface area contributed by atoms with Crippen LogP contribution in [-0.2, 0) is 12.3 Å². The van der Waals surface area contributed by atoms with Crippen LogP contribution in [0.2, 0.25) is 0 Å². The topological polar surface area (TPSA) is 73.0 Å². The van der Waals surface area contributed by atoms with Gasteiger partial charge in [0.15, 0.2) is 11.6 Å². The highest BCUT2D eigenvalue weighted by atomic mass is 32.2. The first kappa shape index (κ1) is 18.8. The quantitative estimate of drug-likeness (QED) is 0.591. The summed E-state index contributed by atoms with van der Waals surface area (Å²) in [6.45, 7) is 0.351. The molecule has 1 N–H and O–H groups in total. The number of furan rings is 1. The van der Waals surface area contributed by atoms with Crippen LogP contribution >= 0.6 is 11.8 Å². The molecule has 0 saturated heterocycles. The second-order valence-corrected chi connectivity index (χ2v) is 8.05. The molecule has 0 unspecified atom stereocenters. The van der Waals surface area contributed by atoms with Gasteiger partial charge in [-0.2, -0.15) is 0 Å². The van der Waals surface area contributed by atoms with Crippen LogP contribution in [0.15, 0.2) is 58.1 Å². The first-order valence-corrected chi connectivity index (χ1v) is 10.7. The molecule has 0 bridgehead atoms. The van der Waals surface area contributed by atoms with Gasteiger partial charge in [-0.25, -0.2) is 0 Å². The lowest BCUT2D eigenvalue weighted by atomic mass is 9.95. The summed E-state index contributed by atoms with van der Waals surface area (Å²) < 4.78 is 7.82. The average Bonchev–Trinajstić information content (AvgIpc) is 3.41. The molecule has 146 valence electrons. The van der Waals surface area contributed by atoms with E-state index in [-0.39, 0.29) is 5.91 Å². The molecule has 1 fully saturated rings. The van der Waals surface area contributed by atoms with Crippen molar-refractivity contribution in [1.82, 2.24) is 20.1 Å². The van der Waals surface area contributed by atoms with Gasteiger partial charge in [-0.05, 0) is 37.1 Å². The number of hydrogen-bond donors (Lipinski definition) is 1. The zero-order chi connectivity index (χ0) is 19.2. The van der Waals surface area contributed by atoms with Crippen molar-refractivity contribution in [1.29, 1.82) is 0 Å². The molecule has 0 spiro atoms. The summed E-state index contributed by atoms with van der Waals surface area (Å²) in [5.74, 6) is 2.37. The Balaban J connectivity index is 1.31. The number of carbonyl (C=O) groups is 1. The van der Waals surface area contributed by atoms with Crippen LogP contribution in [0.5, 0.6) is 0 Å². The number of hydrogen-bond acceptors (Lipinski definition) is 5. The summed E-state index contributed by atoms with van der Waals surface area (Å²) in [7, 11) is 0. The van der Waals surface area contributed by atoms with Crippen LogP contribution in [0.1, 0.15) is 60.3 Å². The normalized spacial score (nSPS) is 14.9.